The van der Waals surface area contributed by atoms with Gasteiger partial charge >= 0.3 is 0 Å². The summed E-state index contributed by atoms with van der Waals surface area (Å²) in [6.07, 6.45) is 11.5. The molecule has 2 aromatic carbocycles. The second-order valence-electron chi connectivity index (χ2n) is 9.08. The van der Waals surface area contributed by atoms with Crippen molar-refractivity contribution < 1.29 is 67.3 Å². The fourth-order valence-electron chi connectivity index (χ4n) is 4.49. The highest BCUT2D eigenvalue weighted by Gasteiger charge is 2.21. The predicted octanol–water partition coefficient (Wildman–Crippen LogP) is -2.63. The highest BCUT2D eigenvalue weighted by molar-refractivity contribution is 5.24. The first-order chi connectivity index (χ1) is 16.5. The molecule has 0 saturated carbocycles. The summed E-state index contributed by atoms with van der Waals surface area (Å²) in [5, 5.41) is 21.4. The summed E-state index contributed by atoms with van der Waals surface area (Å²) in [5.41, 5.74) is 3.63. The molecule has 0 fully saturated rings. The molecule has 36 heavy (non-hydrogen) atoms. The van der Waals surface area contributed by atoms with Crippen LogP contribution in [-0.4, -0.2) is 19.3 Å². The Hall–Kier alpha value is -1.76. The number of aromatic nitrogens is 4. The Morgan fingerprint density at radius 1 is 0.611 bits per heavy atom. The number of benzene rings is 2. The number of aliphatic hydroxyl groups excluding tert-OH is 2. The zero-order valence-electron chi connectivity index (χ0n) is 20.9. The Bertz CT molecular complexity index is 1090. The van der Waals surface area contributed by atoms with E-state index in [-0.39, 0.29) is 48.0 Å². The van der Waals surface area contributed by atoms with E-state index in [2.05, 4.69) is 34.2 Å². The highest BCUT2D eigenvalue weighted by atomic mass is 127. The Morgan fingerprint density at radius 2 is 0.972 bits per heavy atom. The molecule has 0 amide bonds. The van der Waals surface area contributed by atoms with Gasteiger partial charge in [0.05, 0.1) is 27.2 Å². The standard InChI is InChI=1S/C28H36N4O2.2HI/c1-29-21-31(19-25(29)27(33)23-13-7-5-8-14-23)17-11-3-4-12-18-32-20-26(30(2)22-32)28(34)24-15-9-6-10-16-24;;/h5-10,13-16,19-22,27-28,33-34H,3-4,11-12,17-18H2,1-2H3;2*1H/q+2;;/p-2/t27-,28?;;/m0../s1. The van der Waals surface area contributed by atoms with E-state index >= 15 is 0 Å². The van der Waals surface area contributed by atoms with E-state index in [1.165, 1.54) is 0 Å². The molecule has 2 atom stereocenters. The van der Waals surface area contributed by atoms with Crippen LogP contribution >= 0.6 is 0 Å². The van der Waals surface area contributed by atoms with E-state index < -0.39 is 12.2 Å². The molecule has 0 saturated heterocycles. The van der Waals surface area contributed by atoms with Crippen molar-refractivity contribution in [3.05, 3.63) is 108 Å². The van der Waals surface area contributed by atoms with Crippen LogP contribution < -0.4 is 57.1 Å². The van der Waals surface area contributed by atoms with Gasteiger partial charge in [0.15, 0.2) is 11.4 Å². The zero-order valence-corrected chi connectivity index (χ0v) is 25.2. The minimum absolute atomic E-state index is 0. The van der Waals surface area contributed by atoms with E-state index in [4.69, 9.17) is 0 Å². The van der Waals surface area contributed by atoms with Crippen LogP contribution in [-0.2, 0) is 27.2 Å². The first-order valence-electron chi connectivity index (χ1n) is 12.1. The second-order valence-corrected chi connectivity index (χ2v) is 9.08. The van der Waals surface area contributed by atoms with Gasteiger partial charge in [-0.3, -0.25) is 0 Å². The summed E-state index contributed by atoms with van der Waals surface area (Å²) in [7, 11) is 3.97. The van der Waals surface area contributed by atoms with Crippen molar-refractivity contribution in [2.24, 2.45) is 14.1 Å². The van der Waals surface area contributed by atoms with Crippen LogP contribution in [0.15, 0.2) is 85.7 Å². The third-order valence-electron chi connectivity index (χ3n) is 6.43. The number of halogens is 2. The summed E-state index contributed by atoms with van der Waals surface area (Å²) in [4.78, 5) is 0. The molecular weight excluding hydrogens is 678 g/mol. The van der Waals surface area contributed by atoms with Crippen LogP contribution in [0.4, 0.5) is 0 Å². The van der Waals surface area contributed by atoms with Gasteiger partial charge in [0.2, 0.25) is 12.7 Å². The number of aliphatic hydroxyl groups is 2. The summed E-state index contributed by atoms with van der Waals surface area (Å²) in [6.45, 7) is 1.89. The van der Waals surface area contributed by atoms with Crippen molar-refractivity contribution in [1.29, 1.82) is 0 Å². The number of unbranched alkanes of at least 4 members (excludes halogenated alkanes) is 3. The summed E-state index contributed by atoms with van der Waals surface area (Å²) in [6, 6.07) is 19.6. The van der Waals surface area contributed by atoms with Crippen molar-refractivity contribution in [2.45, 2.75) is 51.0 Å². The van der Waals surface area contributed by atoms with Gasteiger partial charge in [0, 0.05) is 0 Å². The van der Waals surface area contributed by atoms with Crippen LogP contribution in [0, 0.1) is 0 Å². The molecular formula is C28H36I2N4O2. The lowest BCUT2D eigenvalue weighted by atomic mass is 10.1. The molecule has 2 aromatic heterocycles. The van der Waals surface area contributed by atoms with Crippen molar-refractivity contribution in [1.82, 2.24) is 9.13 Å². The smallest absolute Gasteiger partial charge is 0.243 e. The van der Waals surface area contributed by atoms with Gasteiger partial charge in [-0.1, -0.05) is 60.7 Å². The van der Waals surface area contributed by atoms with Crippen LogP contribution in [0.1, 0.15) is 60.4 Å². The predicted molar refractivity (Wildman–Crippen MR) is 131 cm³/mol. The number of nitrogens with zero attached hydrogens (tertiary/aromatic N) is 4. The number of aryl methyl sites for hydroxylation is 4. The average molecular weight is 714 g/mol. The number of rotatable bonds is 11. The molecule has 0 radical (unpaired) electrons. The quantitative estimate of drug-likeness (QED) is 0.102. The second kappa shape index (κ2) is 14.8. The molecule has 0 aliphatic rings. The summed E-state index contributed by atoms with van der Waals surface area (Å²) in [5.74, 6) is 0. The van der Waals surface area contributed by atoms with Crippen molar-refractivity contribution in [3.8, 4) is 0 Å². The summed E-state index contributed by atoms with van der Waals surface area (Å²) < 4.78 is 8.35. The normalized spacial score (nSPS) is 12.4. The molecule has 8 heteroatoms. The van der Waals surface area contributed by atoms with E-state index in [0.717, 1.165) is 61.3 Å². The Balaban J connectivity index is 0.00000228. The maximum atomic E-state index is 10.7. The van der Waals surface area contributed by atoms with Crippen molar-refractivity contribution in [3.63, 3.8) is 0 Å². The van der Waals surface area contributed by atoms with Crippen molar-refractivity contribution >= 4 is 0 Å². The number of hydrogen-bond acceptors (Lipinski definition) is 2. The average Bonchev–Trinajstić information content (AvgIpc) is 3.43. The number of imidazole rings is 2. The van der Waals surface area contributed by atoms with Gasteiger partial charge in [-0.05, 0) is 36.8 Å². The van der Waals surface area contributed by atoms with Gasteiger partial charge < -0.3 is 58.2 Å². The van der Waals surface area contributed by atoms with E-state index in [0.29, 0.717) is 0 Å². The van der Waals surface area contributed by atoms with Gasteiger partial charge in [0.1, 0.15) is 24.6 Å². The molecule has 0 aliphatic heterocycles. The van der Waals surface area contributed by atoms with Crippen LogP contribution in [0.5, 0.6) is 0 Å². The first-order valence-corrected chi connectivity index (χ1v) is 12.1. The molecule has 2 N–H and O–H groups in total. The Labute approximate surface area is 248 Å². The van der Waals surface area contributed by atoms with E-state index in [1.807, 2.05) is 83.9 Å². The Kier molecular flexibility index (Phi) is 12.6. The lowest BCUT2D eigenvalue weighted by Crippen LogP contribution is -3.00. The third-order valence-corrected chi connectivity index (χ3v) is 6.43. The molecule has 0 bridgehead atoms. The van der Waals surface area contributed by atoms with Crippen molar-refractivity contribution in [2.75, 3.05) is 0 Å². The molecule has 4 rings (SSSR count). The van der Waals surface area contributed by atoms with Crippen LogP contribution in [0.2, 0.25) is 0 Å². The Morgan fingerprint density at radius 3 is 1.33 bits per heavy atom. The highest BCUT2D eigenvalue weighted by Crippen LogP contribution is 2.21. The molecule has 4 aromatic rings. The molecule has 194 valence electrons. The van der Waals surface area contributed by atoms with Crippen LogP contribution in [0.3, 0.4) is 0 Å². The van der Waals surface area contributed by atoms with E-state index in [1.54, 1.807) is 0 Å². The minimum atomic E-state index is -0.611. The molecule has 6 nitrogen and oxygen atoms in total. The monoisotopic (exact) mass is 714 g/mol. The molecule has 0 aliphatic carbocycles. The number of hydrogen-bond donors (Lipinski definition) is 2. The van der Waals surface area contributed by atoms with Gasteiger partial charge in [-0.25, -0.2) is 18.3 Å². The fraction of sp³-hybridized carbons (Fsp3) is 0.357. The van der Waals surface area contributed by atoms with E-state index in [9.17, 15) is 10.2 Å². The molecule has 0 spiro atoms. The van der Waals surface area contributed by atoms with Gasteiger partial charge in [-0.2, -0.15) is 0 Å². The zero-order chi connectivity index (χ0) is 23.9. The minimum Gasteiger partial charge on any atom is -1.00 e. The topological polar surface area (TPSA) is 58.1 Å². The third kappa shape index (κ3) is 7.87. The lowest BCUT2D eigenvalue weighted by molar-refractivity contribution is -0.698. The fourth-order valence-corrected chi connectivity index (χ4v) is 4.49. The van der Waals surface area contributed by atoms with Crippen LogP contribution in [0.25, 0.3) is 0 Å². The molecule has 1 unspecified atom stereocenters. The molecule has 2 heterocycles. The maximum absolute atomic E-state index is 10.7. The largest absolute Gasteiger partial charge is 1.00 e. The van der Waals surface area contributed by atoms with Gasteiger partial charge in [0.25, 0.3) is 0 Å². The first kappa shape index (κ1) is 30.5. The lowest BCUT2D eigenvalue weighted by Gasteiger charge is -2.07. The van der Waals surface area contributed by atoms with Gasteiger partial charge in [-0.15, -0.1) is 0 Å². The maximum Gasteiger partial charge on any atom is 0.243 e. The SMILES string of the molecule is Cn1c[n+](CCCCCC[n+]2cc([C@@H](O)c3ccccc3)n(C)c2)cc1C(O)c1ccccc1.[I-].[I-]. The summed E-state index contributed by atoms with van der Waals surface area (Å²) >= 11 is 0.